The highest BCUT2D eigenvalue weighted by Crippen LogP contribution is 2.32. The number of benzene rings is 2. The molecule has 0 N–H and O–H groups in total. The molecule has 0 aliphatic carbocycles. The summed E-state index contributed by atoms with van der Waals surface area (Å²) in [5.74, 6) is 0.597. The third kappa shape index (κ3) is 4.39. The van der Waals surface area contributed by atoms with E-state index < -0.39 is 0 Å². The molecule has 7 heteroatoms. The highest BCUT2D eigenvalue weighted by atomic mass is 35.5. The Balaban J connectivity index is 1.71. The van der Waals surface area contributed by atoms with E-state index in [2.05, 4.69) is 9.97 Å². The van der Waals surface area contributed by atoms with Crippen molar-refractivity contribution in [2.45, 2.75) is 13.5 Å². The number of aromatic nitrogens is 2. The van der Waals surface area contributed by atoms with Gasteiger partial charge in [0.15, 0.2) is 5.13 Å². The van der Waals surface area contributed by atoms with Crippen LogP contribution in [0.3, 0.4) is 0 Å². The molecule has 0 aliphatic heterocycles. The van der Waals surface area contributed by atoms with Gasteiger partial charge in [-0.05, 0) is 61.0 Å². The molecule has 4 rings (SSSR count). The molecule has 2 aromatic carbocycles. The molecule has 0 aliphatic rings. The van der Waals surface area contributed by atoms with E-state index >= 15 is 0 Å². The first-order valence-electron chi connectivity index (χ1n) is 9.14. The molecule has 2 aromatic heterocycles. The Hall–Kier alpha value is -2.96. The standard InChI is InChI=1S/C22H18ClN3O2S/c1-2-28-18-8-5-16(6-9-18)21(27)26(14-15-4-3-11-24-13-15)22-25-19-10-7-17(23)12-20(19)29-22/h3-13H,2,14H2,1H3. The predicted octanol–water partition coefficient (Wildman–Crippen LogP) is 5.59. The Morgan fingerprint density at radius 2 is 2.00 bits per heavy atom. The van der Waals surface area contributed by atoms with Crippen molar-refractivity contribution in [2.24, 2.45) is 0 Å². The number of halogens is 1. The van der Waals surface area contributed by atoms with Crippen molar-refractivity contribution in [3.05, 3.63) is 83.1 Å². The minimum Gasteiger partial charge on any atom is -0.494 e. The molecule has 0 fully saturated rings. The van der Waals surface area contributed by atoms with Gasteiger partial charge in [0.2, 0.25) is 0 Å². The average molecular weight is 424 g/mol. The van der Waals surface area contributed by atoms with Gasteiger partial charge in [-0.2, -0.15) is 0 Å². The van der Waals surface area contributed by atoms with Crippen LogP contribution < -0.4 is 9.64 Å². The van der Waals surface area contributed by atoms with Gasteiger partial charge < -0.3 is 4.74 Å². The minimum absolute atomic E-state index is 0.137. The lowest BCUT2D eigenvalue weighted by Crippen LogP contribution is -2.30. The molecular weight excluding hydrogens is 406 g/mol. The van der Waals surface area contributed by atoms with E-state index in [1.54, 1.807) is 47.6 Å². The molecule has 29 heavy (non-hydrogen) atoms. The molecule has 4 aromatic rings. The second-order valence-electron chi connectivity index (χ2n) is 6.32. The molecule has 146 valence electrons. The monoisotopic (exact) mass is 423 g/mol. The Morgan fingerprint density at radius 1 is 1.17 bits per heavy atom. The largest absolute Gasteiger partial charge is 0.494 e. The smallest absolute Gasteiger partial charge is 0.260 e. The van der Waals surface area contributed by atoms with Crippen LogP contribution in [-0.4, -0.2) is 22.5 Å². The normalized spacial score (nSPS) is 10.8. The van der Waals surface area contributed by atoms with Crippen molar-refractivity contribution >= 4 is 44.2 Å². The highest BCUT2D eigenvalue weighted by Gasteiger charge is 2.22. The highest BCUT2D eigenvalue weighted by molar-refractivity contribution is 7.22. The van der Waals surface area contributed by atoms with Crippen molar-refractivity contribution < 1.29 is 9.53 Å². The lowest BCUT2D eigenvalue weighted by molar-refractivity contribution is 0.0985. The van der Waals surface area contributed by atoms with Crippen LogP contribution >= 0.6 is 22.9 Å². The van der Waals surface area contributed by atoms with Crippen molar-refractivity contribution in [3.8, 4) is 5.75 Å². The molecule has 0 saturated carbocycles. The molecule has 0 bridgehead atoms. The number of fused-ring (bicyclic) bond motifs is 1. The molecule has 2 heterocycles. The van der Waals surface area contributed by atoms with E-state index in [-0.39, 0.29) is 5.91 Å². The summed E-state index contributed by atoms with van der Waals surface area (Å²) >= 11 is 7.55. The number of anilines is 1. The van der Waals surface area contributed by atoms with Crippen LogP contribution in [0, 0.1) is 0 Å². The summed E-state index contributed by atoms with van der Waals surface area (Å²) in [4.78, 5) is 23.9. The number of carbonyl (C=O) groups excluding carboxylic acids is 1. The summed E-state index contributed by atoms with van der Waals surface area (Å²) in [6, 6.07) is 16.5. The molecule has 5 nitrogen and oxygen atoms in total. The second-order valence-corrected chi connectivity index (χ2v) is 7.76. The van der Waals surface area contributed by atoms with Crippen LogP contribution in [0.15, 0.2) is 67.0 Å². The van der Waals surface area contributed by atoms with E-state index in [0.717, 1.165) is 21.5 Å². The summed E-state index contributed by atoms with van der Waals surface area (Å²) < 4.78 is 6.41. The number of carbonyl (C=O) groups is 1. The number of hydrogen-bond acceptors (Lipinski definition) is 5. The van der Waals surface area contributed by atoms with Gasteiger partial charge in [0.1, 0.15) is 5.75 Å². The molecular formula is C22H18ClN3O2S. The Bertz CT molecular complexity index is 1130. The van der Waals surface area contributed by atoms with Gasteiger partial charge in [-0.1, -0.05) is 29.0 Å². The third-order valence-corrected chi connectivity index (χ3v) is 5.57. The summed E-state index contributed by atoms with van der Waals surface area (Å²) in [6.45, 7) is 2.87. The van der Waals surface area contributed by atoms with Crippen LogP contribution in [0.25, 0.3) is 10.2 Å². The van der Waals surface area contributed by atoms with Gasteiger partial charge in [0.05, 0.1) is 23.4 Å². The predicted molar refractivity (Wildman–Crippen MR) is 117 cm³/mol. The maximum Gasteiger partial charge on any atom is 0.260 e. The number of amides is 1. The Morgan fingerprint density at radius 3 is 2.72 bits per heavy atom. The van der Waals surface area contributed by atoms with Crippen LogP contribution in [0.4, 0.5) is 5.13 Å². The van der Waals surface area contributed by atoms with Crippen LogP contribution in [0.5, 0.6) is 5.75 Å². The first kappa shape index (κ1) is 19.4. The van der Waals surface area contributed by atoms with Crippen LogP contribution in [-0.2, 0) is 6.54 Å². The summed E-state index contributed by atoms with van der Waals surface area (Å²) in [5.41, 5.74) is 2.30. The molecule has 0 atom stereocenters. The maximum absolute atomic E-state index is 13.4. The third-order valence-electron chi connectivity index (χ3n) is 4.29. The number of nitrogens with zero attached hydrogens (tertiary/aromatic N) is 3. The lowest BCUT2D eigenvalue weighted by atomic mass is 10.2. The zero-order valence-corrected chi connectivity index (χ0v) is 17.3. The van der Waals surface area contributed by atoms with Gasteiger partial charge >= 0.3 is 0 Å². The Kier molecular flexibility index (Phi) is 5.74. The van der Waals surface area contributed by atoms with Crippen LogP contribution in [0.2, 0.25) is 5.02 Å². The molecule has 1 amide bonds. The summed E-state index contributed by atoms with van der Waals surface area (Å²) in [6.07, 6.45) is 3.46. The van der Waals surface area contributed by atoms with E-state index in [9.17, 15) is 4.79 Å². The fourth-order valence-corrected chi connectivity index (χ4v) is 4.16. The van der Waals surface area contributed by atoms with Gasteiger partial charge in [-0.3, -0.25) is 14.7 Å². The number of pyridine rings is 1. The first-order chi connectivity index (χ1) is 14.1. The second kappa shape index (κ2) is 8.59. The van der Waals surface area contributed by atoms with Crippen molar-refractivity contribution in [1.29, 1.82) is 0 Å². The van der Waals surface area contributed by atoms with Gasteiger partial charge in [-0.25, -0.2) is 4.98 Å². The number of thiazole rings is 1. The van der Waals surface area contributed by atoms with Gasteiger partial charge in [-0.15, -0.1) is 0 Å². The molecule has 0 radical (unpaired) electrons. The van der Waals surface area contributed by atoms with Crippen molar-refractivity contribution in [1.82, 2.24) is 9.97 Å². The fraction of sp³-hybridized carbons (Fsp3) is 0.136. The van der Waals surface area contributed by atoms with Gasteiger partial charge in [0.25, 0.3) is 5.91 Å². The average Bonchev–Trinajstić information content (AvgIpc) is 3.16. The lowest BCUT2D eigenvalue weighted by Gasteiger charge is -2.20. The van der Waals surface area contributed by atoms with Crippen molar-refractivity contribution in [3.63, 3.8) is 0 Å². The molecule has 0 saturated heterocycles. The number of rotatable bonds is 6. The maximum atomic E-state index is 13.4. The quantitative estimate of drug-likeness (QED) is 0.405. The van der Waals surface area contributed by atoms with Crippen molar-refractivity contribution in [2.75, 3.05) is 11.5 Å². The number of ether oxygens (including phenoxy) is 1. The van der Waals surface area contributed by atoms with E-state index in [0.29, 0.717) is 28.9 Å². The van der Waals surface area contributed by atoms with E-state index in [1.807, 2.05) is 31.2 Å². The Labute approximate surface area is 177 Å². The molecule has 0 spiro atoms. The van der Waals surface area contributed by atoms with Crippen LogP contribution in [0.1, 0.15) is 22.8 Å². The minimum atomic E-state index is -0.137. The van der Waals surface area contributed by atoms with Gasteiger partial charge in [0, 0.05) is 23.0 Å². The summed E-state index contributed by atoms with van der Waals surface area (Å²) in [7, 11) is 0. The summed E-state index contributed by atoms with van der Waals surface area (Å²) in [5, 5.41) is 1.26. The topological polar surface area (TPSA) is 55.3 Å². The zero-order valence-electron chi connectivity index (χ0n) is 15.7. The number of hydrogen-bond donors (Lipinski definition) is 0. The van der Waals surface area contributed by atoms with E-state index in [4.69, 9.17) is 16.3 Å². The molecule has 0 unspecified atom stereocenters. The first-order valence-corrected chi connectivity index (χ1v) is 10.3. The SMILES string of the molecule is CCOc1ccc(C(=O)N(Cc2cccnc2)c2nc3ccc(Cl)cc3s2)cc1. The fourth-order valence-electron chi connectivity index (χ4n) is 2.92. The van der Waals surface area contributed by atoms with E-state index in [1.165, 1.54) is 11.3 Å². The zero-order chi connectivity index (χ0) is 20.2.